The molecule has 242 valence electrons. The molecule has 1 saturated carbocycles. The van der Waals surface area contributed by atoms with Crippen LogP contribution in [0.25, 0.3) is 70.4 Å². The summed E-state index contributed by atoms with van der Waals surface area (Å²) in [7, 11) is 0. The molecule has 0 atom stereocenters. The van der Waals surface area contributed by atoms with Crippen molar-refractivity contribution in [2.75, 3.05) is 0 Å². The van der Waals surface area contributed by atoms with E-state index in [0.717, 1.165) is 54.2 Å². The number of aryl methyl sites for hydroxylation is 1. The number of hydrogen-bond donors (Lipinski definition) is 0. The number of imidazole rings is 1. The van der Waals surface area contributed by atoms with Crippen molar-refractivity contribution in [2.24, 2.45) is 0 Å². The molecule has 0 amide bonds. The molecule has 1 fully saturated rings. The zero-order valence-electron chi connectivity index (χ0n) is 31.1. The van der Waals surface area contributed by atoms with Crippen LogP contribution >= 0.6 is 11.3 Å². The molecule has 0 spiro atoms. The molecule has 0 aliphatic heterocycles. The predicted octanol–water partition coefficient (Wildman–Crippen LogP) is 12.3. The summed E-state index contributed by atoms with van der Waals surface area (Å²) in [4.78, 5) is 16.4. The summed E-state index contributed by atoms with van der Waals surface area (Å²) in [6.07, 6.45) is 6.31. The third-order valence-electron chi connectivity index (χ3n) is 10.3. The van der Waals surface area contributed by atoms with Crippen LogP contribution < -0.4 is 0 Å². The number of pyridine rings is 2. The average molecular weight is 660 g/mol. The molecule has 0 N–H and O–H groups in total. The zero-order chi connectivity index (χ0) is 35.8. The number of benzene rings is 4. The van der Waals surface area contributed by atoms with Gasteiger partial charge in [-0.3, -0.25) is 9.55 Å². The molecule has 4 aromatic carbocycles. The summed E-state index contributed by atoms with van der Waals surface area (Å²) in [5.74, 6) is 1.36. The zero-order valence-corrected chi connectivity index (χ0v) is 28.9. The normalized spacial score (nSPS) is 15.6. The van der Waals surface area contributed by atoms with Crippen LogP contribution in [0.4, 0.5) is 0 Å². The van der Waals surface area contributed by atoms with E-state index in [1.165, 1.54) is 54.1 Å². The lowest BCUT2D eigenvalue weighted by Gasteiger charge is -2.23. The molecule has 49 heavy (non-hydrogen) atoms. The fourth-order valence-corrected chi connectivity index (χ4v) is 8.92. The minimum Gasteiger partial charge on any atom is -0.291 e. The summed E-state index contributed by atoms with van der Waals surface area (Å²) < 4.78 is 27.6. The van der Waals surface area contributed by atoms with Crippen molar-refractivity contribution in [2.45, 2.75) is 71.1 Å². The summed E-state index contributed by atoms with van der Waals surface area (Å²) in [6.45, 7) is 4.42. The van der Waals surface area contributed by atoms with E-state index < -0.39 is 6.85 Å². The molecule has 9 rings (SSSR count). The van der Waals surface area contributed by atoms with Crippen LogP contribution in [0, 0.1) is 6.85 Å². The summed E-state index contributed by atoms with van der Waals surface area (Å²) in [5, 5.41) is 3.21. The van der Waals surface area contributed by atoms with Crippen LogP contribution in [-0.2, 0) is 5.41 Å². The van der Waals surface area contributed by atoms with Gasteiger partial charge in [0, 0.05) is 53.4 Å². The van der Waals surface area contributed by atoms with Gasteiger partial charge in [-0.1, -0.05) is 88.6 Å². The minimum absolute atomic E-state index is 0.0592. The van der Waals surface area contributed by atoms with Crippen molar-refractivity contribution in [1.82, 2.24) is 19.5 Å². The van der Waals surface area contributed by atoms with Gasteiger partial charge in [0.05, 0.1) is 22.2 Å². The third-order valence-corrected chi connectivity index (χ3v) is 11.5. The summed E-state index contributed by atoms with van der Waals surface area (Å²) in [5.41, 5.74) is 9.07. The van der Waals surface area contributed by atoms with E-state index in [9.17, 15) is 0 Å². The molecule has 1 aliphatic rings. The molecule has 4 aromatic heterocycles. The van der Waals surface area contributed by atoms with Crippen molar-refractivity contribution in [1.29, 1.82) is 0 Å². The lowest BCUT2D eigenvalue weighted by Crippen LogP contribution is -2.12. The standard InChI is InChI=1S/C44H40N4S/c1-27-18-20-33-37(45-27)23-24-38-40(33)48(39-25-19-30(44(2,3)4)26-35(39)28-12-7-5-8-13-28)42(46-38)34-17-11-16-31-32-21-22-36(29-14-9-6-10-15-29)47-43(32)49-41(31)34/h5,7-8,11-13,16-26,29H,6,9-10,14-15H2,1-4H3/i1D3. The van der Waals surface area contributed by atoms with Crippen LogP contribution in [-0.4, -0.2) is 19.5 Å². The molecule has 4 nitrogen and oxygen atoms in total. The average Bonchev–Trinajstić information content (AvgIpc) is 3.73. The molecule has 4 heterocycles. The lowest BCUT2D eigenvalue weighted by atomic mass is 9.85. The highest BCUT2D eigenvalue weighted by Gasteiger charge is 2.25. The second-order valence-corrected chi connectivity index (χ2v) is 15.5. The van der Waals surface area contributed by atoms with Gasteiger partial charge in [0.25, 0.3) is 0 Å². The van der Waals surface area contributed by atoms with Crippen LogP contribution in [0.3, 0.4) is 0 Å². The maximum absolute atomic E-state index is 8.04. The number of aromatic nitrogens is 4. The van der Waals surface area contributed by atoms with Crippen LogP contribution in [0.5, 0.6) is 0 Å². The fourth-order valence-electron chi connectivity index (χ4n) is 7.73. The molecule has 0 saturated heterocycles. The van der Waals surface area contributed by atoms with Gasteiger partial charge < -0.3 is 0 Å². The van der Waals surface area contributed by atoms with Gasteiger partial charge >= 0.3 is 0 Å². The Bertz CT molecular complexity index is 2640. The Balaban J connectivity index is 1.35. The highest BCUT2D eigenvalue weighted by Crippen LogP contribution is 2.44. The van der Waals surface area contributed by atoms with E-state index >= 15 is 0 Å². The van der Waals surface area contributed by atoms with Gasteiger partial charge in [-0.05, 0) is 90.8 Å². The molecule has 1 aliphatic carbocycles. The lowest BCUT2D eigenvalue weighted by molar-refractivity contribution is 0.437. The van der Waals surface area contributed by atoms with Gasteiger partial charge in [-0.2, -0.15) is 0 Å². The largest absolute Gasteiger partial charge is 0.291 e. The molecule has 0 unspecified atom stereocenters. The quantitative estimate of drug-likeness (QED) is 0.189. The Morgan fingerprint density at radius 1 is 0.714 bits per heavy atom. The first-order valence-corrected chi connectivity index (χ1v) is 18.2. The van der Waals surface area contributed by atoms with E-state index in [1.54, 1.807) is 17.4 Å². The Morgan fingerprint density at radius 3 is 2.35 bits per heavy atom. The number of nitrogens with zero attached hydrogens (tertiary/aromatic N) is 4. The first kappa shape index (κ1) is 27.0. The maximum Gasteiger partial charge on any atom is 0.147 e. The van der Waals surface area contributed by atoms with Crippen molar-refractivity contribution in [3.05, 3.63) is 120 Å². The number of hydrogen-bond acceptors (Lipinski definition) is 4. The van der Waals surface area contributed by atoms with Crippen molar-refractivity contribution < 1.29 is 4.11 Å². The van der Waals surface area contributed by atoms with E-state index in [0.29, 0.717) is 11.4 Å². The Kier molecular flexibility index (Phi) is 6.41. The van der Waals surface area contributed by atoms with Gasteiger partial charge in [-0.25, -0.2) is 9.97 Å². The predicted molar refractivity (Wildman–Crippen MR) is 207 cm³/mol. The monoisotopic (exact) mass is 659 g/mol. The number of rotatable bonds is 4. The van der Waals surface area contributed by atoms with E-state index in [-0.39, 0.29) is 11.1 Å². The third kappa shape index (κ3) is 5.14. The molecular weight excluding hydrogens is 617 g/mol. The Hall–Kier alpha value is -4.87. The van der Waals surface area contributed by atoms with Gasteiger partial charge in [0.2, 0.25) is 0 Å². The maximum atomic E-state index is 8.04. The van der Waals surface area contributed by atoms with Crippen LogP contribution in [0.15, 0.2) is 103 Å². The Morgan fingerprint density at radius 2 is 1.53 bits per heavy atom. The van der Waals surface area contributed by atoms with Gasteiger partial charge in [0.15, 0.2) is 0 Å². The minimum atomic E-state index is -2.31. The molecule has 5 heteroatoms. The summed E-state index contributed by atoms with van der Waals surface area (Å²) >= 11 is 1.75. The molecule has 0 bridgehead atoms. The first-order chi connectivity index (χ1) is 25.0. The van der Waals surface area contributed by atoms with E-state index in [2.05, 4.69) is 103 Å². The Labute approximate surface area is 295 Å². The number of fused-ring (bicyclic) bond motifs is 6. The highest BCUT2D eigenvalue weighted by molar-refractivity contribution is 7.26. The van der Waals surface area contributed by atoms with Gasteiger partial charge in [0.1, 0.15) is 10.7 Å². The van der Waals surface area contributed by atoms with Crippen LogP contribution in [0.2, 0.25) is 0 Å². The highest BCUT2D eigenvalue weighted by atomic mass is 32.1. The van der Waals surface area contributed by atoms with Crippen molar-refractivity contribution in [3.63, 3.8) is 0 Å². The van der Waals surface area contributed by atoms with Crippen molar-refractivity contribution in [3.8, 4) is 28.2 Å². The first-order valence-electron chi connectivity index (χ1n) is 18.9. The number of thiophene rings is 1. The molecular formula is C44H40N4S. The SMILES string of the molecule is [2H]C([2H])([2H])c1ccc2c(ccc3nc(-c4cccc5c4sc4nc(C6CCCCC6)ccc45)n(-c4ccc(C(C)(C)C)cc4-c4ccccc4)c32)n1. The summed E-state index contributed by atoms with van der Waals surface area (Å²) in [6, 6.07) is 35.7. The second kappa shape index (κ2) is 11.6. The van der Waals surface area contributed by atoms with Crippen molar-refractivity contribution >= 4 is 53.6 Å². The topological polar surface area (TPSA) is 43.6 Å². The van der Waals surface area contributed by atoms with Gasteiger partial charge in [-0.15, -0.1) is 11.3 Å². The molecule has 8 aromatic rings. The smallest absolute Gasteiger partial charge is 0.147 e. The van der Waals surface area contributed by atoms with E-state index in [1.807, 2.05) is 24.3 Å². The second-order valence-electron chi connectivity index (χ2n) is 14.5. The van der Waals surface area contributed by atoms with Crippen LogP contribution in [0.1, 0.15) is 79.9 Å². The van der Waals surface area contributed by atoms with E-state index in [4.69, 9.17) is 14.1 Å². The fraction of sp³-hybridized carbons (Fsp3) is 0.250. The molecule has 0 radical (unpaired) electrons.